The molecule has 2 heterocycles. The van der Waals surface area contributed by atoms with Crippen molar-refractivity contribution in [3.05, 3.63) is 23.0 Å². The molecule has 0 aromatic carbocycles. The van der Waals surface area contributed by atoms with Crippen molar-refractivity contribution in [1.29, 1.82) is 0 Å². The zero-order valence-corrected chi connectivity index (χ0v) is 7.63. The first-order valence-corrected chi connectivity index (χ1v) is 4.45. The molecule has 0 saturated carbocycles. The summed E-state index contributed by atoms with van der Waals surface area (Å²) >= 11 is 1.14. The second kappa shape index (κ2) is 2.77. The summed E-state index contributed by atoms with van der Waals surface area (Å²) < 4.78 is 0.808. The summed E-state index contributed by atoms with van der Waals surface area (Å²) in [6.07, 6.45) is 1.65. The predicted molar refractivity (Wildman–Crippen MR) is 49.1 cm³/mol. The van der Waals surface area contributed by atoms with Gasteiger partial charge in [0.2, 0.25) is 5.01 Å². The number of aromatic carboxylic acids is 1. The van der Waals surface area contributed by atoms with Crippen molar-refractivity contribution in [1.82, 2.24) is 9.97 Å². The van der Waals surface area contributed by atoms with E-state index in [9.17, 15) is 4.79 Å². The molecule has 1 N–H and O–H groups in total. The van der Waals surface area contributed by atoms with E-state index in [1.165, 1.54) is 0 Å². The van der Waals surface area contributed by atoms with Crippen molar-refractivity contribution in [2.45, 2.75) is 6.92 Å². The first-order valence-electron chi connectivity index (χ1n) is 3.63. The molecule has 5 heteroatoms. The molecule has 0 unspecified atom stereocenters. The number of carboxylic acid groups (broad SMARTS) is 1. The Labute approximate surface area is 77.9 Å². The highest BCUT2D eigenvalue weighted by Crippen LogP contribution is 2.21. The summed E-state index contributed by atoms with van der Waals surface area (Å²) in [5.74, 6) is -0.987. The summed E-state index contributed by atoms with van der Waals surface area (Å²) in [6.45, 7) is 1.85. The monoisotopic (exact) mass is 194 g/mol. The van der Waals surface area contributed by atoms with Crippen LogP contribution in [-0.4, -0.2) is 21.0 Å². The largest absolute Gasteiger partial charge is 0.476 e. The van der Waals surface area contributed by atoms with Crippen molar-refractivity contribution in [3.8, 4) is 0 Å². The lowest BCUT2D eigenvalue weighted by atomic mass is 10.3. The van der Waals surface area contributed by atoms with Crippen LogP contribution in [0.15, 0.2) is 12.3 Å². The van der Waals surface area contributed by atoms with E-state index in [1.54, 1.807) is 12.3 Å². The van der Waals surface area contributed by atoms with E-state index in [0.29, 0.717) is 5.52 Å². The lowest BCUT2D eigenvalue weighted by molar-refractivity contribution is 0.0696. The molecule has 2 aromatic rings. The summed E-state index contributed by atoms with van der Waals surface area (Å²) in [5.41, 5.74) is 1.55. The van der Waals surface area contributed by atoms with Gasteiger partial charge in [0.1, 0.15) is 0 Å². The molecule has 0 atom stereocenters. The van der Waals surface area contributed by atoms with Crippen molar-refractivity contribution in [2.24, 2.45) is 0 Å². The quantitative estimate of drug-likeness (QED) is 0.750. The van der Waals surface area contributed by atoms with Crippen LogP contribution in [0.25, 0.3) is 10.2 Å². The number of carbonyl (C=O) groups is 1. The zero-order valence-electron chi connectivity index (χ0n) is 6.81. The molecule has 0 amide bonds. The Hall–Kier alpha value is -1.49. The van der Waals surface area contributed by atoms with Gasteiger partial charge in [-0.15, -0.1) is 11.3 Å². The van der Waals surface area contributed by atoms with E-state index in [1.807, 2.05) is 6.92 Å². The molecular weight excluding hydrogens is 188 g/mol. The van der Waals surface area contributed by atoms with Gasteiger partial charge >= 0.3 is 5.97 Å². The smallest absolute Gasteiger partial charge is 0.365 e. The number of nitrogens with zero attached hydrogens (tertiary/aromatic N) is 2. The molecule has 0 saturated heterocycles. The van der Waals surface area contributed by atoms with Crippen LogP contribution in [0.2, 0.25) is 0 Å². The van der Waals surface area contributed by atoms with E-state index >= 15 is 0 Å². The predicted octanol–water partition coefficient (Wildman–Crippen LogP) is 1.70. The highest BCUT2D eigenvalue weighted by atomic mass is 32.1. The number of carboxylic acids is 1. The Morgan fingerprint density at radius 2 is 2.38 bits per heavy atom. The standard InChI is InChI=1S/C8H6N2O2S/c1-4-2-5-6(3-9-4)13-7(10-5)8(11)12/h2-3H,1H3,(H,11,12). The molecule has 2 aromatic heterocycles. The van der Waals surface area contributed by atoms with E-state index in [2.05, 4.69) is 9.97 Å². The van der Waals surface area contributed by atoms with Gasteiger partial charge in [-0.2, -0.15) is 0 Å². The lowest BCUT2D eigenvalue weighted by Crippen LogP contribution is -1.93. The first kappa shape index (κ1) is 8.12. The van der Waals surface area contributed by atoms with Crippen LogP contribution < -0.4 is 0 Å². The fraction of sp³-hybridized carbons (Fsp3) is 0.125. The van der Waals surface area contributed by atoms with Crippen molar-refractivity contribution >= 4 is 27.5 Å². The van der Waals surface area contributed by atoms with Gasteiger partial charge in [-0.1, -0.05) is 0 Å². The van der Waals surface area contributed by atoms with Crippen LogP contribution in [0.5, 0.6) is 0 Å². The summed E-state index contributed by atoms with van der Waals surface area (Å²) in [7, 11) is 0. The third-order valence-corrected chi connectivity index (χ3v) is 2.59. The molecule has 0 spiro atoms. The van der Waals surface area contributed by atoms with Gasteiger partial charge in [-0.3, -0.25) is 4.98 Å². The van der Waals surface area contributed by atoms with Gasteiger partial charge in [0.25, 0.3) is 0 Å². The van der Waals surface area contributed by atoms with Crippen molar-refractivity contribution < 1.29 is 9.90 Å². The fourth-order valence-electron chi connectivity index (χ4n) is 1.03. The topological polar surface area (TPSA) is 63.1 Å². The van der Waals surface area contributed by atoms with E-state index in [-0.39, 0.29) is 5.01 Å². The van der Waals surface area contributed by atoms with E-state index < -0.39 is 5.97 Å². The van der Waals surface area contributed by atoms with E-state index in [4.69, 9.17) is 5.11 Å². The number of fused-ring (bicyclic) bond motifs is 1. The number of hydrogen-bond acceptors (Lipinski definition) is 4. The lowest BCUT2D eigenvalue weighted by Gasteiger charge is -1.87. The van der Waals surface area contributed by atoms with Crippen LogP contribution in [0, 0.1) is 6.92 Å². The zero-order chi connectivity index (χ0) is 9.42. The van der Waals surface area contributed by atoms with Crippen LogP contribution in [0.1, 0.15) is 15.5 Å². The maximum absolute atomic E-state index is 10.6. The van der Waals surface area contributed by atoms with Crippen LogP contribution in [0.4, 0.5) is 0 Å². The van der Waals surface area contributed by atoms with Gasteiger partial charge in [0.15, 0.2) is 0 Å². The Morgan fingerprint density at radius 1 is 1.62 bits per heavy atom. The molecule has 13 heavy (non-hydrogen) atoms. The van der Waals surface area contributed by atoms with Gasteiger partial charge in [-0.05, 0) is 13.0 Å². The highest BCUT2D eigenvalue weighted by molar-refractivity contribution is 7.20. The number of aryl methyl sites for hydroxylation is 1. The number of rotatable bonds is 1. The minimum absolute atomic E-state index is 0.113. The molecule has 0 bridgehead atoms. The van der Waals surface area contributed by atoms with Crippen molar-refractivity contribution in [3.63, 3.8) is 0 Å². The number of aromatic nitrogens is 2. The Morgan fingerprint density at radius 3 is 3.08 bits per heavy atom. The maximum Gasteiger partial charge on any atom is 0.365 e. The summed E-state index contributed by atoms with van der Waals surface area (Å²) in [5, 5.41) is 8.80. The third kappa shape index (κ3) is 1.38. The molecule has 66 valence electrons. The Kier molecular flexibility index (Phi) is 1.73. The average Bonchev–Trinajstić information content (AvgIpc) is 2.46. The average molecular weight is 194 g/mol. The maximum atomic E-state index is 10.6. The minimum atomic E-state index is -0.987. The third-order valence-electron chi connectivity index (χ3n) is 1.60. The molecule has 4 nitrogen and oxygen atoms in total. The second-order valence-electron chi connectivity index (χ2n) is 2.62. The molecule has 0 aliphatic heterocycles. The van der Waals surface area contributed by atoms with Crippen molar-refractivity contribution in [2.75, 3.05) is 0 Å². The number of thiazole rings is 1. The number of pyridine rings is 1. The molecule has 2 rings (SSSR count). The first-order chi connectivity index (χ1) is 6.16. The molecule has 0 aliphatic rings. The molecular formula is C8H6N2O2S. The van der Waals surface area contributed by atoms with Gasteiger partial charge in [0, 0.05) is 11.9 Å². The van der Waals surface area contributed by atoms with Gasteiger partial charge < -0.3 is 5.11 Å². The Balaban J connectivity index is 2.68. The highest BCUT2D eigenvalue weighted by Gasteiger charge is 2.09. The van der Waals surface area contributed by atoms with Crippen LogP contribution in [0.3, 0.4) is 0 Å². The van der Waals surface area contributed by atoms with Crippen LogP contribution >= 0.6 is 11.3 Å². The second-order valence-corrected chi connectivity index (χ2v) is 3.65. The number of hydrogen-bond donors (Lipinski definition) is 1. The Bertz CT molecular complexity index is 478. The molecule has 0 aliphatic carbocycles. The molecule has 0 fully saturated rings. The fourth-order valence-corrected chi connectivity index (χ4v) is 1.78. The normalized spacial score (nSPS) is 10.5. The summed E-state index contributed by atoms with van der Waals surface area (Å²) in [6, 6.07) is 1.78. The minimum Gasteiger partial charge on any atom is -0.476 e. The SMILES string of the molecule is Cc1cc2nc(C(=O)O)sc2cn1. The van der Waals surface area contributed by atoms with Crippen LogP contribution in [-0.2, 0) is 0 Å². The van der Waals surface area contributed by atoms with Gasteiger partial charge in [0.05, 0.1) is 10.2 Å². The summed E-state index contributed by atoms with van der Waals surface area (Å²) in [4.78, 5) is 18.6. The van der Waals surface area contributed by atoms with E-state index in [0.717, 1.165) is 21.7 Å². The molecule has 0 radical (unpaired) electrons. The van der Waals surface area contributed by atoms with Gasteiger partial charge in [-0.25, -0.2) is 9.78 Å².